The minimum atomic E-state index is -0.319. The lowest BCUT2D eigenvalue weighted by molar-refractivity contribution is -0.151. The number of ether oxygens (including phenoxy) is 1. The molecule has 1 atom stereocenters. The van der Waals surface area contributed by atoms with Gasteiger partial charge in [-0.15, -0.1) is 0 Å². The number of esters is 1. The van der Waals surface area contributed by atoms with E-state index >= 15 is 0 Å². The normalized spacial score (nSPS) is 13.7. The lowest BCUT2D eigenvalue weighted by Gasteiger charge is -2.22. The molecule has 90 valence electrons. The topological polar surface area (TPSA) is 26.3 Å². The van der Waals surface area contributed by atoms with Crippen LogP contribution in [-0.2, 0) is 9.53 Å². The molecule has 0 aromatic carbocycles. The van der Waals surface area contributed by atoms with E-state index in [0.717, 1.165) is 18.8 Å². The highest BCUT2D eigenvalue weighted by Gasteiger charge is 2.27. The molecule has 0 aromatic heterocycles. The van der Waals surface area contributed by atoms with E-state index in [2.05, 4.69) is 13.8 Å². The molecule has 0 saturated carbocycles. The van der Waals surface area contributed by atoms with E-state index in [0.29, 0.717) is 0 Å². The summed E-state index contributed by atoms with van der Waals surface area (Å²) in [7, 11) is 1.46. The second-order valence-electron chi connectivity index (χ2n) is 5.16. The smallest absolute Gasteiger partial charge is 0.311 e. The van der Waals surface area contributed by atoms with Crippen molar-refractivity contribution in [2.24, 2.45) is 11.3 Å². The summed E-state index contributed by atoms with van der Waals surface area (Å²) in [5.41, 5.74) is -0.319. The first-order valence-electron chi connectivity index (χ1n) is 6.02. The van der Waals surface area contributed by atoms with Gasteiger partial charge in [-0.1, -0.05) is 39.5 Å². The fourth-order valence-electron chi connectivity index (χ4n) is 1.91. The first-order valence-corrected chi connectivity index (χ1v) is 6.02. The van der Waals surface area contributed by atoms with Crippen molar-refractivity contribution in [3.63, 3.8) is 0 Å². The molecule has 0 heterocycles. The third-order valence-electron chi connectivity index (χ3n) is 3.02. The van der Waals surface area contributed by atoms with Crippen LogP contribution >= 0.6 is 0 Å². The van der Waals surface area contributed by atoms with Gasteiger partial charge in [0.05, 0.1) is 12.5 Å². The van der Waals surface area contributed by atoms with Crippen molar-refractivity contribution in [1.82, 2.24) is 0 Å². The van der Waals surface area contributed by atoms with Crippen molar-refractivity contribution >= 4 is 5.97 Å². The monoisotopic (exact) mass is 214 g/mol. The van der Waals surface area contributed by atoms with Gasteiger partial charge in [-0.05, 0) is 26.2 Å². The van der Waals surface area contributed by atoms with E-state index in [4.69, 9.17) is 4.74 Å². The lowest BCUT2D eigenvalue weighted by Crippen LogP contribution is -2.25. The number of carbonyl (C=O) groups is 1. The third-order valence-corrected chi connectivity index (χ3v) is 3.02. The summed E-state index contributed by atoms with van der Waals surface area (Å²) in [5, 5.41) is 0. The first-order chi connectivity index (χ1) is 6.94. The quantitative estimate of drug-likeness (QED) is 0.603. The molecule has 0 N–H and O–H groups in total. The molecule has 0 aliphatic rings. The zero-order valence-corrected chi connectivity index (χ0v) is 10.9. The molecule has 2 nitrogen and oxygen atoms in total. The molecule has 0 saturated heterocycles. The Labute approximate surface area is 94.4 Å². The van der Waals surface area contributed by atoms with Crippen LogP contribution in [0.3, 0.4) is 0 Å². The molecular formula is C13H26O2. The van der Waals surface area contributed by atoms with Gasteiger partial charge >= 0.3 is 5.97 Å². The number of hydrogen-bond acceptors (Lipinski definition) is 2. The molecule has 0 amide bonds. The molecule has 0 aliphatic heterocycles. The molecule has 0 spiro atoms. The third kappa shape index (κ3) is 5.81. The fourth-order valence-corrected chi connectivity index (χ4v) is 1.91. The van der Waals surface area contributed by atoms with Gasteiger partial charge in [-0.2, -0.15) is 0 Å². The van der Waals surface area contributed by atoms with E-state index in [9.17, 15) is 4.79 Å². The average Bonchev–Trinajstić information content (AvgIpc) is 2.16. The van der Waals surface area contributed by atoms with Gasteiger partial charge in [0, 0.05) is 0 Å². The number of carbonyl (C=O) groups excluding carboxylic acids is 1. The summed E-state index contributed by atoms with van der Waals surface area (Å²) >= 11 is 0. The predicted octanol–water partition coefficient (Wildman–Crippen LogP) is 3.79. The fraction of sp³-hybridized carbons (Fsp3) is 0.923. The summed E-state index contributed by atoms with van der Waals surface area (Å²) < 4.78 is 4.78. The van der Waals surface area contributed by atoms with Crippen LogP contribution < -0.4 is 0 Å². The van der Waals surface area contributed by atoms with Gasteiger partial charge in [0.15, 0.2) is 0 Å². The van der Waals surface area contributed by atoms with Gasteiger partial charge < -0.3 is 4.74 Å². The van der Waals surface area contributed by atoms with Crippen LogP contribution in [0.2, 0.25) is 0 Å². The Morgan fingerprint density at radius 3 is 2.40 bits per heavy atom. The van der Waals surface area contributed by atoms with Crippen LogP contribution in [0.4, 0.5) is 0 Å². The van der Waals surface area contributed by atoms with Crippen LogP contribution in [0.5, 0.6) is 0 Å². The molecule has 0 radical (unpaired) electrons. The maximum Gasteiger partial charge on any atom is 0.311 e. The Kier molecular flexibility index (Phi) is 6.62. The second-order valence-corrected chi connectivity index (χ2v) is 5.16. The molecule has 0 aliphatic carbocycles. The van der Waals surface area contributed by atoms with E-state index in [1.165, 1.54) is 26.4 Å². The molecule has 0 aromatic rings. The largest absolute Gasteiger partial charge is 0.469 e. The minimum Gasteiger partial charge on any atom is -0.469 e. The molecule has 0 rings (SSSR count). The van der Waals surface area contributed by atoms with Gasteiger partial charge in [-0.3, -0.25) is 4.79 Å². The van der Waals surface area contributed by atoms with Crippen LogP contribution in [0.1, 0.15) is 59.8 Å². The highest BCUT2D eigenvalue weighted by Crippen LogP contribution is 2.26. The highest BCUT2D eigenvalue weighted by atomic mass is 16.5. The van der Waals surface area contributed by atoms with Gasteiger partial charge in [-0.25, -0.2) is 0 Å². The summed E-state index contributed by atoms with van der Waals surface area (Å²) in [4.78, 5) is 11.4. The van der Waals surface area contributed by atoms with Crippen molar-refractivity contribution in [2.45, 2.75) is 59.8 Å². The molecule has 0 bridgehead atoms. The summed E-state index contributed by atoms with van der Waals surface area (Å²) in [6, 6.07) is 0. The van der Waals surface area contributed by atoms with Gasteiger partial charge in [0.2, 0.25) is 0 Å². The van der Waals surface area contributed by atoms with Crippen molar-refractivity contribution < 1.29 is 9.53 Å². The van der Waals surface area contributed by atoms with Crippen molar-refractivity contribution in [1.29, 1.82) is 0 Å². The molecule has 1 unspecified atom stereocenters. The Morgan fingerprint density at radius 1 is 1.33 bits per heavy atom. The number of methoxy groups -OCH3 is 1. The van der Waals surface area contributed by atoms with E-state index in [-0.39, 0.29) is 11.4 Å². The summed E-state index contributed by atoms with van der Waals surface area (Å²) in [6.45, 7) is 8.43. The first kappa shape index (κ1) is 14.5. The Hall–Kier alpha value is -0.530. The maximum absolute atomic E-state index is 11.4. The molecular weight excluding hydrogens is 188 g/mol. The van der Waals surface area contributed by atoms with Crippen LogP contribution in [-0.4, -0.2) is 13.1 Å². The molecule has 0 fully saturated rings. The van der Waals surface area contributed by atoms with Crippen molar-refractivity contribution in [3.8, 4) is 0 Å². The van der Waals surface area contributed by atoms with Gasteiger partial charge in [0.1, 0.15) is 0 Å². The molecule has 2 heteroatoms. The minimum absolute atomic E-state index is 0.0920. The number of rotatable bonds is 7. The standard InChI is InChI=1S/C13H26O2/c1-6-8-11(2)9-7-10-13(3,4)12(14)15-5/h11H,6-10H2,1-5H3. The van der Waals surface area contributed by atoms with Crippen LogP contribution in [0, 0.1) is 11.3 Å². The lowest BCUT2D eigenvalue weighted by atomic mass is 9.85. The average molecular weight is 214 g/mol. The Balaban J connectivity index is 3.79. The molecule has 15 heavy (non-hydrogen) atoms. The van der Waals surface area contributed by atoms with Crippen LogP contribution in [0.15, 0.2) is 0 Å². The second kappa shape index (κ2) is 6.86. The van der Waals surface area contributed by atoms with E-state index < -0.39 is 0 Å². The zero-order valence-electron chi connectivity index (χ0n) is 10.9. The van der Waals surface area contributed by atoms with Crippen molar-refractivity contribution in [2.75, 3.05) is 7.11 Å². The summed E-state index contributed by atoms with van der Waals surface area (Å²) in [6.07, 6.45) is 5.80. The maximum atomic E-state index is 11.4. The van der Waals surface area contributed by atoms with Gasteiger partial charge in [0.25, 0.3) is 0 Å². The summed E-state index contributed by atoms with van der Waals surface area (Å²) in [5.74, 6) is 0.689. The van der Waals surface area contributed by atoms with Crippen molar-refractivity contribution in [3.05, 3.63) is 0 Å². The van der Waals surface area contributed by atoms with E-state index in [1.54, 1.807) is 0 Å². The number of hydrogen-bond donors (Lipinski definition) is 0. The SMILES string of the molecule is CCCC(C)CCCC(C)(C)C(=O)OC. The predicted molar refractivity (Wildman–Crippen MR) is 63.7 cm³/mol. The Morgan fingerprint density at radius 2 is 1.93 bits per heavy atom. The van der Waals surface area contributed by atoms with E-state index in [1.807, 2.05) is 13.8 Å². The Bertz CT molecular complexity index is 185. The van der Waals surface area contributed by atoms with Crippen LogP contribution in [0.25, 0.3) is 0 Å². The zero-order chi connectivity index (χ0) is 11.9. The highest BCUT2D eigenvalue weighted by molar-refractivity contribution is 5.75.